The lowest BCUT2D eigenvalue weighted by atomic mass is 10.1. The molecule has 0 fully saturated rings. The first-order valence-corrected chi connectivity index (χ1v) is 8.13. The number of thiophene rings is 1. The largest absolute Gasteiger partial charge is 0.346 e. The van der Waals surface area contributed by atoms with Crippen LogP contribution in [0.5, 0.6) is 0 Å². The molecule has 0 aliphatic rings. The third-order valence-corrected chi connectivity index (χ3v) is 4.55. The van der Waals surface area contributed by atoms with Gasteiger partial charge in [0.25, 0.3) is 0 Å². The Morgan fingerprint density at radius 3 is 2.50 bits per heavy atom. The first-order chi connectivity index (χ1) is 10.7. The van der Waals surface area contributed by atoms with E-state index in [1.165, 1.54) is 10.4 Å². The number of benzene rings is 1. The number of amides is 1. The van der Waals surface area contributed by atoms with Crippen molar-refractivity contribution in [3.63, 3.8) is 0 Å². The summed E-state index contributed by atoms with van der Waals surface area (Å²) in [5.41, 5.74) is 2.02. The minimum Gasteiger partial charge on any atom is -0.346 e. The van der Waals surface area contributed by atoms with Crippen molar-refractivity contribution in [2.75, 3.05) is 5.32 Å². The van der Waals surface area contributed by atoms with E-state index in [0.717, 1.165) is 5.69 Å². The summed E-state index contributed by atoms with van der Waals surface area (Å²) in [4.78, 5) is 13.6. The van der Waals surface area contributed by atoms with Gasteiger partial charge in [-0.3, -0.25) is 4.79 Å². The third kappa shape index (κ3) is 3.46. The van der Waals surface area contributed by atoms with Crippen molar-refractivity contribution in [2.24, 2.45) is 0 Å². The molecule has 2 heterocycles. The number of carbonyl (C=O) groups is 1. The van der Waals surface area contributed by atoms with Crippen LogP contribution in [0.15, 0.2) is 66.3 Å². The number of hydrogen-bond acceptors (Lipinski definition) is 2. The summed E-state index contributed by atoms with van der Waals surface area (Å²) >= 11 is 1.68. The molecule has 112 valence electrons. The summed E-state index contributed by atoms with van der Waals surface area (Å²) in [5, 5.41) is 5.02. The number of nitrogens with one attached hydrogen (secondary N) is 1. The molecular weight excluding hydrogens is 292 g/mol. The molecule has 3 rings (SSSR count). The highest BCUT2D eigenvalue weighted by molar-refractivity contribution is 7.10. The highest BCUT2D eigenvalue weighted by atomic mass is 32.1. The molecule has 0 aliphatic carbocycles. The number of aryl methyl sites for hydroxylation is 1. The third-order valence-electron chi connectivity index (χ3n) is 3.57. The molecule has 0 spiro atoms. The van der Waals surface area contributed by atoms with E-state index in [0.29, 0.717) is 6.42 Å². The van der Waals surface area contributed by atoms with Crippen LogP contribution in [0.1, 0.15) is 22.9 Å². The fourth-order valence-electron chi connectivity index (χ4n) is 2.41. The second kappa shape index (κ2) is 6.62. The predicted octanol–water partition coefficient (Wildman–Crippen LogP) is 4.48. The van der Waals surface area contributed by atoms with E-state index in [1.54, 1.807) is 11.3 Å². The van der Waals surface area contributed by atoms with Crippen molar-refractivity contribution in [3.05, 3.63) is 76.7 Å². The normalized spacial score (nSPS) is 12.0. The zero-order valence-electron chi connectivity index (χ0n) is 12.4. The van der Waals surface area contributed by atoms with Crippen LogP contribution in [0.25, 0.3) is 0 Å². The van der Waals surface area contributed by atoms with Crippen molar-refractivity contribution >= 4 is 22.9 Å². The van der Waals surface area contributed by atoms with Crippen LogP contribution >= 0.6 is 11.3 Å². The molecule has 3 nitrogen and oxygen atoms in total. The van der Waals surface area contributed by atoms with Crippen LogP contribution in [-0.4, -0.2) is 10.5 Å². The monoisotopic (exact) mass is 310 g/mol. The van der Waals surface area contributed by atoms with Gasteiger partial charge in [-0.05, 0) is 42.6 Å². The standard InChI is InChI=1S/C18H18N2OS/c1-14-6-8-15(9-7-14)19-18(21)13-16(17-5-4-12-22-17)20-10-2-3-11-20/h2-12,16H,13H2,1H3,(H,19,21)/t16-/m0/s1. The molecule has 0 saturated carbocycles. The van der Waals surface area contributed by atoms with Crippen LogP contribution in [0.2, 0.25) is 0 Å². The summed E-state index contributed by atoms with van der Waals surface area (Å²) in [6, 6.07) is 16.0. The van der Waals surface area contributed by atoms with E-state index in [9.17, 15) is 4.79 Å². The van der Waals surface area contributed by atoms with Crippen molar-refractivity contribution in [1.82, 2.24) is 4.57 Å². The minimum atomic E-state index is 0.0240. The molecule has 0 aliphatic heterocycles. The van der Waals surface area contributed by atoms with Gasteiger partial charge in [-0.15, -0.1) is 11.3 Å². The Hall–Kier alpha value is -2.33. The van der Waals surface area contributed by atoms with Gasteiger partial charge in [0, 0.05) is 23.0 Å². The SMILES string of the molecule is Cc1ccc(NC(=O)C[C@@H](c2cccs2)n2cccc2)cc1. The number of nitrogens with zero attached hydrogens (tertiary/aromatic N) is 1. The van der Waals surface area contributed by atoms with E-state index in [2.05, 4.69) is 16.0 Å². The Labute approximate surface area is 134 Å². The average Bonchev–Trinajstić information content (AvgIpc) is 3.21. The summed E-state index contributed by atoms with van der Waals surface area (Å²) < 4.78 is 2.08. The van der Waals surface area contributed by atoms with Gasteiger partial charge in [-0.1, -0.05) is 23.8 Å². The van der Waals surface area contributed by atoms with Crippen LogP contribution < -0.4 is 5.32 Å². The second-order valence-electron chi connectivity index (χ2n) is 5.28. The smallest absolute Gasteiger partial charge is 0.226 e. The number of hydrogen-bond donors (Lipinski definition) is 1. The number of aromatic nitrogens is 1. The Kier molecular flexibility index (Phi) is 4.39. The average molecular weight is 310 g/mol. The summed E-state index contributed by atoms with van der Waals surface area (Å²) in [7, 11) is 0. The lowest BCUT2D eigenvalue weighted by Crippen LogP contribution is -2.19. The Morgan fingerprint density at radius 1 is 1.14 bits per heavy atom. The van der Waals surface area contributed by atoms with Crippen LogP contribution in [0, 0.1) is 6.92 Å². The Morgan fingerprint density at radius 2 is 1.86 bits per heavy atom. The molecule has 1 amide bonds. The van der Waals surface area contributed by atoms with Gasteiger partial charge in [0.2, 0.25) is 5.91 Å². The zero-order valence-corrected chi connectivity index (χ0v) is 13.2. The van der Waals surface area contributed by atoms with Crippen LogP contribution in [-0.2, 0) is 4.79 Å². The fraction of sp³-hybridized carbons (Fsp3) is 0.167. The first-order valence-electron chi connectivity index (χ1n) is 7.25. The van der Waals surface area contributed by atoms with Gasteiger partial charge < -0.3 is 9.88 Å². The topological polar surface area (TPSA) is 34.0 Å². The molecule has 0 bridgehead atoms. The van der Waals surface area contributed by atoms with E-state index in [-0.39, 0.29) is 11.9 Å². The van der Waals surface area contributed by atoms with Gasteiger partial charge in [0.05, 0.1) is 12.5 Å². The molecule has 0 radical (unpaired) electrons. The number of rotatable bonds is 5. The zero-order chi connectivity index (χ0) is 15.4. The van der Waals surface area contributed by atoms with Crippen molar-refractivity contribution in [1.29, 1.82) is 0 Å². The fourth-order valence-corrected chi connectivity index (χ4v) is 3.25. The second-order valence-corrected chi connectivity index (χ2v) is 6.26. The summed E-state index contributed by atoms with van der Waals surface area (Å²) in [5.74, 6) is 0.0240. The maximum atomic E-state index is 12.4. The number of carbonyl (C=O) groups excluding carboxylic acids is 1. The van der Waals surface area contributed by atoms with Gasteiger partial charge in [0.15, 0.2) is 0 Å². The molecule has 3 aromatic rings. The lowest BCUT2D eigenvalue weighted by Gasteiger charge is -2.17. The summed E-state index contributed by atoms with van der Waals surface area (Å²) in [6.07, 6.45) is 4.43. The molecule has 1 N–H and O–H groups in total. The Bertz CT molecular complexity index is 681. The van der Waals surface area contributed by atoms with Gasteiger partial charge >= 0.3 is 0 Å². The molecule has 1 aromatic carbocycles. The molecule has 1 atom stereocenters. The first kappa shape index (κ1) is 14.6. The lowest BCUT2D eigenvalue weighted by molar-refractivity contribution is -0.116. The maximum Gasteiger partial charge on any atom is 0.226 e. The van der Waals surface area contributed by atoms with E-state index in [1.807, 2.05) is 67.2 Å². The van der Waals surface area contributed by atoms with E-state index in [4.69, 9.17) is 0 Å². The molecule has 0 saturated heterocycles. The van der Waals surface area contributed by atoms with Crippen LogP contribution in [0.4, 0.5) is 5.69 Å². The van der Waals surface area contributed by atoms with Gasteiger partial charge in [0.1, 0.15) is 0 Å². The minimum absolute atomic E-state index is 0.0240. The van der Waals surface area contributed by atoms with Crippen molar-refractivity contribution < 1.29 is 4.79 Å². The highest BCUT2D eigenvalue weighted by Crippen LogP contribution is 2.27. The van der Waals surface area contributed by atoms with Crippen molar-refractivity contribution in [2.45, 2.75) is 19.4 Å². The maximum absolute atomic E-state index is 12.4. The Balaban J connectivity index is 1.73. The van der Waals surface area contributed by atoms with Gasteiger partial charge in [-0.2, -0.15) is 0 Å². The quantitative estimate of drug-likeness (QED) is 0.741. The van der Waals surface area contributed by atoms with E-state index < -0.39 is 0 Å². The molecular formula is C18H18N2OS. The molecule has 0 unspecified atom stereocenters. The van der Waals surface area contributed by atoms with Crippen LogP contribution in [0.3, 0.4) is 0 Å². The molecule has 2 aromatic heterocycles. The van der Waals surface area contributed by atoms with Gasteiger partial charge in [-0.25, -0.2) is 0 Å². The molecule has 4 heteroatoms. The molecule has 22 heavy (non-hydrogen) atoms. The highest BCUT2D eigenvalue weighted by Gasteiger charge is 2.18. The van der Waals surface area contributed by atoms with E-state index >= 15 is 0 Å². The summed E-state index contributed by atoms with van der Waals surface area (Å²) in [6.45, 7) is 2.03. The predicted molar refractivity (Wildman–Crippen MR) is 91.3 cm³/mol. The van der Waals surface area contributed by atoms with Crippen molar-refractivity contribution in [3.8, 4) is 0 Å². The number of anilines is 1.